The Morgan fingerprint density at radius 1 is 1.17 bits per heavy atom. The van der Waals surface area contributed by atoms with Crippen LogP contribution >= 0.6 is 11.3 Å². The van der Waals surface area contributed by atoms with E-state index in [2.05, 4.69) is 17.2 Å². The highest BCUT2D eigenvalue weighted by Gasteiger charge is 2.30. The molecule has 0 unspecified atom stereocenters. The number of methoxy groups -OCH3 is 1. The van der Waals surface area contributed by atoms with Crippen LogP contribution in [-0.2, 0) is 21.4 Å². The number of rotatable bonds is 6. The second-order valence-corrected chi connectivity index (χ2v) is 11.9. The molecular formula is C25H26N4O5S2. The van der Waals surface area contributed by atoms with Crippen LogP contribution in [0.1, 0.15) is 19.8 Å². The van der Waals surface area contributed by atoms with Crippen molar-refractivity contribution in [3.05, 3.63) is 59.0 Å². The molecular weight excluding hydrogens is 500 g/mol. The zero-order chi connectivity index (χ0) is 25.4. The Balaban J connectivity index is 1.47. The normalized spacial score (nSPS) is 15.4. The zero-order valence-electron chi connectivity index (χ0n) is 19.9. The van der Waals surface area contributed by atoms with Crippen molar-refractivity contribution >= 4 is 53.4 Å². The quantitative estimate of drug-likeness (QED) is 0.410. The minimum atomic E-state index is -3.85. The number of pyridine rings is 1. The van der Waals surface area contributed by atoms with Gasteiger partial charge in [-0.25, -0.2) is 13.4 Å². The number of benzene rings is 2. The van der Waals surface area contributed by atoms with Crippen LogP contribution in [0.15, 0.2) is 58.4 Å². The second-order valence-electron chi connectivity index (χ2n) is 8.96. The van der Waals surface area contributed by atoms with Gasteiger partial charge in [0.25, 0.3) is 5.56 Å². The average Bonchev–Trinajstić information content (AvgIpc) is 3.27. The Hall–Kier alpha value is -3.28. The van der Waals surface area contributed by atoms with Gasteiger partial charge < -0.3 is 14.6 Å². The summed E-state index contributed by atoms with van der Waals surface area (Å²) in [6.07, 6.45) is 2.86. The number of ether oxygens (including phenoxy) is 1. The van der Waals surface area contributed by atoms with Crippen molar-refractivity contribution in [2.75, 3.05) is 25.5 Å². The molecule has 1 saturated heterocycles. The molecule has 0 bridgehead atoms. The van der Waals surface area contributed by atoms with Crippen LogP contribution in [0.5, 0.6) is 5.75 Å². The summed E-state index contributed by atoms with van der Waals surface area (Å²) in [5.41, 5.74) is 0.282. The highest BCUT2D eigenvalue weighted by atomic mass is 32.2. The number of fused-ring (bicyclic) bond motifs is 2. The fourth-order valence-corrected chi connectivity index (χ4v) is 6.99. The first-order valence-electron chi connectivity index (χ1n) is 11.6. The maximum Gasteiger partial charge on any atom is 0.258 e. The number of thiazole rings is 1. The summed E-state index contributed by atoms with van der Waals surface area (Å²) in [5.74, 6) is 0.673. The van der Waals surface area contributed by atoms with Gasteiger partial charge in [0.15, 0.2) is 5.13 Å². The van der Waals surface area contributed by atoms with Crippen LogP contribution in [-0.4, -0.2) is 48.4 Å². The predicted octanol–water partition coefficient (Wildman–Crippen LogP) is 3.68. The molecule has 1 aliphatic heterocycles. The van der Waals surface area contributed by atoms with Crippen LogP contribution in [0.2, 0.25) is 0 Å². The molecule has 0 aliphatic carbocycles. The molecule has 4 aromatic rings. The Morgan fingerprint density at radius 3 is 2.61 bits per heavy atom. The number of anilines is 1. The summed E-state index contributed by atoms with van der Waals surface area (Å²) in [6, 6.07) is 12.0. The molecule has 0 saturated carbocycles. The summed E-state index contributed by atoms with van der Waals surface area (Å²) in [5, 5.41) is 3.72. The highest BCUT2D eigenvalue weighted by molar-refractivity contribution is 7.89. The fraction of sp³-hybridized carbons (Fsp3) is 0.320. The molecule has 1 aliphatic rings. The Morgan fingerprint density at radius 2 is 1.89 bits per heavy atom. The first-order valence-corrected chi connectivity index (χ1v) is 13.9. The maximum atomic E-state index is 13.6. The van der Waals surface area contributed by atoms with Crippen LogP contribution in [0.4, 0.5) is 5.13 Å². The molecule has 5 rings (SSSR count). The molecule has 3 heterocycles. The van der Waals surface area contributed by atoms with Gasteiger partial charge in [0, 0.05) is 30.1 Å². The van der Waals surface area contributed by atoms with E-state index in [0.717, 1.165) is 22.1 Å². The van der Waals surface area contributed by atoms with Crippen molar-refractivity contribution in [1.82, 2.24) is 13.9 Å². The van der Waals surface area contributed by atoms with Gasteiger partial charge in [-0.2, -0.15) is 4.31 Å². The number of hydrogen-bond acceptors (Lipinski definition) is 7. The standard InChI is InChI=1S/C25H26N4O5S2/c1-16-9-11-29(12-10-16)36(32,33)22-14-28(24(31)19-6-4-3-5-18(19)22)15-23(30)27-25-26-20-8-7-17(34-2)13-21(20)35-25/h3-8,13-14,16H,9-12,15H2,1-2H3,(H,26,27,30). The van der Waals surface area contributed by atoms with E-state index in [1.54, 1.807) is 43.5 Å². The van der Waals surface area contributed by atoms with E-state index in [-0.39, 0.29) is 16.8 Å². The number of aromatic nitrogens is 2. The van der Waals surface area contributed by atoms with Crippen LogP contribution in [0, 0.1) is 5.92 Å². The first kappa shape index (κ1) is 24.4. The number of nitrogens with one attached hydrogen (secondary N) is 1. The van der Waals surface area contributed by atoms with Crippen molar-refractivity contribution in [3.8, 4) is 5.75 Å². The predicted molar refractivity (Wildman–Crippen MR) is 140 cm³/mol. The smallest absolute Gasteiger partial charge is 0.258 e. The van der Waals surface area contributed by atoms with Crippen molar-refractivity contribution < 1.29 is 17.9 Å². The van der Waals surface area contributed by atoms with E-state index in [1.807, 2.05) is 6.07 Å². The SMILES string of the molecule is COc1ccc2nc(NC(=O)Cn3cc(S(=O)(=O)N4CCC(C)CC4)c4ccccc4c3=O)sc2c1. The molecule has 1 N–H and O–H groups in total. The van der Waals surface area contributed by atoms with E-state index in [9.17, 15) is 18.0 Å². The topological polar surface area (TPSA) is 111 Å². The van der Waals surface area contributed by atoms with Gasteiger partial charge in [0.1, 0.15) is 17.2 Å². The Bertz CT molecular complexity index is 1620. The third-order valence-electron chi connectivity index (χ3n) is 6.47. The van der Waals surface area contributed by atoms with E-state index in [0.29, 0.717) is 40.8 Å². The lowest BCUT2D eigenvalue weighted by Gasteiger charge is -2.29. The van der Waals surface area contributed by atoms with E-state index in [4.69, 9.17) is 4.74 Å². The highest BCUT2D eigenvalue weighted by Crippen LogP contribution is 2.30. The molecule has 0 spiro atoms. The summed E-state index contributed by atoms with van der Waals surface area (Å²) in [4.78, 5) is 30.5. The molecule has 9 nitrogen and oxygen atoms in total. The molecule has 2 aromatic carbocycles. The van der Waals surface area contributed by atoms with Gasteiger partial charge in [-0.15, -0.1) is 0 Å². The second kappa shape index (κ2) is 9.64. The molecule has 188 valence electrons. The van der Waals surface area contributed by atoms with E-state index in [1.165, 1.54) is 21.8 Å². The van der Waals surface area contributed by atoms with Gasteiger partial charge in [-0.3, -0.25) is 9.59 Å². The molecule has 2 aromatic heterocycles. The molecule has 1 fully saturated rings. The first-order chi connectivity index (χ1) is 17.3. The van der Waals surface area contributed by atoms with Crippen molar-refractivity contribution in [2.24, 2.45) is 5.92 Å². The monoisotopic (exact) mass is 526 g/mol. The lowest BCUT2D eigenvalue weighted by molar-refractivity contribution is -0.116. The van der Waals surface area contributed by atoms with Crippen molar-refractivity contribution in [3.63, 3.8) is 0 Å². The van der Waals surface area contributed by atoms with Crippen molar-refractivity contribution in [1.29, 1.82) is 0 Å². The number of carbonyl (C=O) groups is 1. The maximum absolute atomic E-state index is 13.6. The lowest BCUT2D eigenvalue weighted by Crippen LogP contribution is -2.38. The summed E-state index contributed by atoms with van der Waals surface area (Å²) in [7, 11) is -2.27. The minimum absolute atomic E-state index is 0.0344. The van der Waals surface area contributed by atoms with Gasteiger partial charge in [0.2, 0.25) is 15.9 Å². The summed E-state index contributed by atoms with van der Waals surface area (Å²) in [6.45, 7) is 2.63. The third-order valence-corrected chi connectivity index (χ3v) is 9.33. The van der Waals surface area contributed by atoms with Gasteiger partial charge in [0.05, 0.1) is 17.3 Å². The van der Waals surface area contributed by atoms with Gasteiger partial charge in [-0.05, 0) is 43.0 Å². The van der Waals surface area contributed by atoms with Crippen LogP contribution in [0.3, 0.4) is 0 Å². The molecule has 1 amide bonds. The number of carbonyl (C=O) groups excluding carboxylic acids is 1. The Labute approximate surface area is 212 Å². The number of piperidine rings is 1. The molecule has 0 atom stereocenters. The van der Waals surface area contributed by atoms with Gasteiger partial charge >= 0.3 is 0 Å². The number of nitrogens with zero attached hydrogens (tertiary/aromatic N) is 3. The summed E-state index contributed by atoms with van der Waals surface area (Å²) >= 11 is 1.29. The largest absolute Gasteiger partial charge is 0.497 e. The zero-order valence-corrected chi connectivity index (χ0v) is 21.6. The van der Waals surface area contributed by atoms with E-state index < -0.39 is 21.5 Å². The van der Waals surface area contributed by atoms with Gasteiger partial charge in [-0.1, -0.05) is 36.5 Å². The van der Waals surface area contributed by atoms with Crippen LogP contribution in [0.25, 0.3) is 21.0 Å². The molecule has 11 heteroatoms. The summed E-state index contributed by atoms with van der Waals surface area (Å²) < 4.78 is 35.9. The van der Waals surface area contributed by atoms with E-state index >= 15 is 0 Å². The average molecular weight is 527 g/mol. The van der Waals surface area contributed by atoms with Crippen molar-refractivity contribution in [2.45, 2.75) is 31.2 Å². The molecule has 36 heavy (non-hydrogen) atoms. The fourth-order valence-electron chi connectivity index (χ4n) is 4.40. The van der Waals surface area contributed by atoms with Crippen LogP contribution < -0.4 is 15.6 Å². The number of amides is 1. The lowest BCUT2D eigenvalue weighted by atomic mass is 10.0. The number of hydrogen-bond donors (Lipinski definition) is 1. The number of sulfonamides is 1. The minimum Gasteiger partial charge on any atom is -0.497 e. The Kier molecular flexibility index (Phi) is 6.54. The molecule has 0 radical (unpaired) electrons. The third kappa shape index (κ3) is 4.61.